The van der Waals surface area contributed by atoms with Gasteiger partial charge in [-0.3, -0.25) is 4.79 Å². The fourth-order valence-electron chi connectivity index (χ4n) is 3.74. The smallest absolute Gasteiger partial charge is 0.253 e. The zero-order chi connectivity index (χ0) is 17.2. The lowest BCUT2D eigenvalue weighted by Gasteiger charge is -2.31. The summed E-state index contributed by atoms with van der Waals surface area (Å²) in [6.07, 6.45) is 5.39. The molecule has 1 aliphatic heterocycles. The second kappa shape index (κ2) is 8.52. The third kappa shape index (κ3) is 4.36. The van der Waals surface area contributed by atoms with Crippen molar-refractivity contribution in [2.75, 3.05) is 20.1 Å². The van der Waals surface area contributed by atoms with Gasteiger partial charge in [0.05, 0.1) is 10.1 Å². The van der Waals surface area contributed by atoms with Crippen LogP contribution in [0.3, 0.4) is 0 Å². The van der Waals surface area contributed by atoms with Crippen molar-refractivity contribution in [1.82, 2.24) is 10.2 Å². The normalized spacial score (nSPS) is 19.4. The number of halogens is 1. The SMILES string of the molecule is CN(C(=O)c1ccc(S(=O)(=O)C2CCCC2)cc1)C1CCNCC1.Cl. The Morgan fingerprint density at radius 1 is 1.04 bits per heavy atom. The van der Waals surface area contributed by atoms with E-state index >= 15 is 0 Å². The van der Waals surface area contributed by atoms with E-state index in [0.29, 0.717) is 10.5 Å². The molecule has 140 valence electrons. The van der Waals surface area contributed by atoms with Gasteiger partial charge in [0.2, 0.25) is 0 Å². The van der Waals surface area contributed by atoms with E-state index in [1.54, 1.807) is 29.2 Å². The Balaban J connectivity index is 0.00000225. The largest absolute Gasteiger partial charge is 0.339 e. The molecule has 2 aliphatic rings. The van der Waals surface area contributed by atoms with Crippen LogP contribution in [0.15, 0.2) is 29.2 Å². The molecule has 1 aromatic carbocycles. The molecule has 25 heavy (non-hydrogen) atoms. The van der Waals surface area contributed by atoms with Crippen molar-refractivity contribution in [2.24, 2.45) is 0 Å². The van der Waals surface area contributed by atoms with Gasteiger partial charge in [-0.1, -0.05) is 12.8 Å². The highest BCUT2D eigenvalue weighted by molar-refractivity contribution is 7.92. The molecule has 1 amide bonds. The molecule has 0 radical (unpaired) electrons. The summed E-state index contributed by atoms with van der Waals surface area (Å²) in [5.74, 6) is -0.0354. The van der Waals surface area contributed by atoms with E-state index in [9.17, 15) is 13.2 Å². The van der Waals surface area contributed by atoms with Gasteiger partial charge in [0, 0.05) is 18.7 Å². The lowest BCUT2D eigenvalue weighted by molar-refractivity contribution is 0.0703. The van der Waals surface area contributed by atoms with Crippen molar-refractivity contribution in [3.05, 3.63) is 29.8 Å². The monoisotopic (exact) mass is 386 g/mol. The number of hydrogen-bond donors (Lipinski definition) is 1. The fraction of sp³-hybridized carbons (Fsp3) is 0.611. The van der Waals surface area contributed by atoms with Gasteiger partial charge in [-0.05, 0) is 63.0 Å². The van der Waals surface area contributed by atoms with Crippen molar-refractivity contribution < 1.29 is 13.2 Å². The molecular weight excluding hydrogens is 360 g/mol. The lowest BCUT2D eigenvalue weighted by atomic mass is 10.0. The summed E-state index contributed by atoms with van der Waals surface area (Å²) in [5, 5.41) is 3.04. The average Bonchev–Trinajstić information content (AvgIpc) is 3.17. The molecule has 5 nitrogen and oxygen atoms in total. The van der Waals surface area contributed by atoms with Crippen LogP contribution in [0.1, 0.15) is 48.9 Å². The maximum Gasteiger partial charge on any atom is 0.253 e. The third-order valence-electron chi connectivity index (χ3n) is 5.35. The number of nitrogens with zero attached hydrogens (tertiary/aromatic N) is 1. The minimum absolute atomic E-state index is 0. The molecule has 1 aromatic rings. The van der Waals surface area contributed by atoms with Gasteiger partial charge in [-0.2, -0.15) is 0 Å². The fourth-order valence-corrected chi connectivity index (χ4v) is 5.60. The van der Waals surface area contributed by atoms with Crippen molar-refractivity contribution in [1.29, 1.82) is 0 Å². The zero-order valence-corrected chi connectivity index (χ0v) is 16.2. The molecule has 7 heteroatoms. The maximum atomic E-state index is 12.6. The molecule has 0 spiro atoms. The predicted molar refractivity (Wildman–Crippen MR) is 101 cm³/mol. The van der Waals surface area contributed by atoms with Crippen LogP contribution >= 0.6 is 12.4 Å². The predicted octanol–water partition coefficient (Wildman–Crippen LogP) is 2.65. The van der Waals surface area contributed by atoms with Gasteiger partial charge < -0.3 is 10.2 Å². The van der Waals surface area contributed by atoms with Crippen molar-refractivity contribution >= 4 is 28.2 Å². The molecule has 1 heterocycles. The minimum Gasteiger partial charge on any atom is -0.339 e. The summed E-state index contributed by atoms with van der Waals surface area (Å²) >= 11 is 0. The number of amides is 1. The van der Waals surface area contributed by atoms with Crippen molar-refractivity contribution in [3.8, 4) is 0 Å². The highest BCUT2D eigenvalue weighted by Crippen LogP contribution is 2.29. The van der Waals surface area contributed by atoms with Gasteiger partial charge in [0.1, 0.15) is 0 Å². The Morgan fingerprint density at radius 2 is 1.60 bits per heavy atom. The van der Waals surface area contributed by atoms with Gasteiger partial charge in [0.15, 0.2) is 9.84 Å². The van der Waals surface area contributed by atoms with E-state index in [1.807, 2.05) is 7.05 Å². The lowest BCUT2D eigenvalue weighted by Crippen LogP contribution is -2.43. The third-order valence-corrected chi connectivity index (χ3v) is 7.63. The van der Waals surface area contributed by atoms with Gasteiger partial charge >= 0.3 is 0 Å². The Bertz CT molecular complexity index is 679. The van der Waals surface area contributed by atoms with Crippen molar-refractivity contribution in [2.45, 2.75) is 54.7 Å². The quantitative estimate of drug-likeness (QED) is 0.863. The molecule has 3 rings (SSSR count). The van der Waals surface area contributed by atoms with E-state index in [0.717, 1.165) is 51.6 Å². The summed E-state index contributed by atoms with van der Waals surface area (Å²) in [6, 6.07) is 6.75. The van der Waals surface area contributed by atoms with Crippen LogP contribution in [-0.2, 0) is 9.84 Å². The standard InChI is InChI=1S/C18H26N2O3S.ClH/c1-20(15-10-12-19-13-11-15)18(21)14-6-8-17(9-7-14)24(22,23)16-4-2-3-5-16;/h6-9,15-16,19H,2-5,10-13H2,1H3;1H. The molecule has 0 bridgehead atoms. The highest BCUT2D eigenvalue weighted by atomic mass is 35.5. The summed E-state index contributed by atoms with van der Waals surface area (Å²) in [6.45, 7) is 1.86. The van der Waals surface area contributed by atoms with Crippen LogP contribution in [0, 0.1) is 0 Å². The Morgan fingerprint density at radius 3 is 2.16 bits per heavy atom. The Hall–Kier alpha value is -1.11. The number of sulfone groups is 1. The van der Waals surface area contributed by atoms with Crippen LogP contribution in [-0.4, -0.2) is 50.7 Å². The number of hydrogen-bond acceptors (Lipinski definition) is 4. The maximum absolute atomic E-state index is 12.6. The number of piperidine rings is 1. The first kappa shape index (κ1) is 20.2. The molecule has 0 aromatic heterocycles. The highest BCUT2D eigenvalue weighted by Gasteiger charge is 2.30. The number of benzene rings is 1. The van der Waals surface area contributed by atoms with Crippen molar-refractivity contribution in [3.63, 3.8) is 0 Å². The number of carbonyl (C=O) groups is 1. The number of carbonyl (C=O) groups excluding carboxylic acids is 1. The van der Waals surface area contributed by atoms with E-state index in [2.05, 4.69) is 5.32 Å². The van der Waals surface area contributed by atoms with Gasteiger partial charge in [-0.15, -0.1) is 12.4 Å². The average molecular weight is 387 g/mol. The first-order chi connectivity index (χ1) is 11.5. The van der Waals surface area contributed by atoms with E-state index < -0.39 is 9.84 Å². The van der Waals surface area contributed by atoms with Crippen LogP contribution in [0.2, 0.25) is 0 Å². The summed E-state index contributed by atoms with van der Waals surface area (Å²) < 4.78 is 25.2. The first-order valence-electron chi connectivity index (χ1n) is 8.82. The zero-order valence-electron chi connectivity index (χ0n) is 14.6. The molecule has 0 atom stereocenters. The van der Waals surface area contributed by atoms with Crippen LogP contribution in [0.4, 0.5) is 0 Å². The molecule has 1 saturated heterocycles. The van der Waals surface area contributed by atoms with Crippen LogP contribution < -0.4 is 5.32 Å². The van der Waals surface area contributed by atoms with Gasteiger partial charge in [-0.25, -0.2) is 8.42 Å². The van der Waals surface area contributed by atoms with Gasteiger partial charge in [0.25, 0.3) is 5.91 Å². The Labute approximate surface area is 156 Å². The van der Waals surface area contributed by atoms with E-state index in [4.69, 9.17) is 0 Å². The van der Waals surface area contributed by atoms with Crippen LogP contribution in [0.25, 0.3) is 0 Å². The molecule has 0 unspecified atom stereocenters. The molecule has 2 fully saturated rings. The summed E-state index contributed by atoms with van der Waals surface area (Å²) in [7, 11) is -1.42. The van der Waals surface area contributed by atoms with E-state index in [1.165, 1.54) is 0 Å². The minimum atomic E-state index is -3.26. The molecular formula is C18H27ClN2O3S. The number of rotatable bonds is 4. The first-order valence-corrected chi connectivity index (χ1v) is 10.4. The molecule has 1 N–H and O–H groups in total. The second-order valence-electron chi connectivity index (χ2n) is 6.87. The topological polar surface area (TPSA) is 66.5 Å². The Kier molecular flexibility index (Phi) is 6.88. The second-order valence-corrected chi connectivity index (χ2v) is 9.10. The molecule has 1 saturated carbocycles. The van der Waals surface area contributed by atoms with E-state index in [-0.39, 0.29) is 29.6 Å². The number of nitrogens with one attached hydrogen (secondary N) is 1. The molecule has 1 aliphatic carbocycles. The summed E-state index contributed by atoms with van der Waals surface area (Å²) in [5.41, 5.74) is 0.557. The summed E-state index contributed by atoms with van der Waals surface area (Å²) in [4.78, 5) is 14.8. The van der Waals surface area contributed by atoms with Crippen LogP contribution in [0.5, 0.6) is 0 Å².